The molecule has 0 aromatic rings. The minimum absolute atomic E-state index is 0.0780. The Morgan fingerprint density at radius 2 is 2.08 bits per heavy atom. The number of rotatable bonds is 5. The van der Waals surface area contributed by atoms with Crippen LogP contribution in [0.2, 0.25) is 0 Å². The molecule has 12 heavy (non-hydrogen) atoms. The summed E-state index contributed by atoms with van der Waals surface area (Å²) in [6.45, 7) is 10.8. The highest BCUT2D eigenvalue weighted by atomic mass is 16.1. The third kappa shape index (κ3) is 3.91. The van der Waals surface area contributed by atoms with Crippen molar-refractivity contribution in [3.8, 4) is 0 Å². The Morgan fingerprint density at radius 1 is 1.50 bits per heavy atom. The molecule has 0 rings (SSSR count). The van der Waals surface area contributed by atoms with Gasteiger partial charge in [-0.05, 0) is 18.9 Å². The number of Topliss-reactive ketones (excluding diaryl/α,β-unsaturated/α-hetero) is 1. The van der Waals surface area contributed by atoms with Crippen molar-refractivity contribution < 1.29 is 4.79 Å². The quantitative estimate of drug-likeness (QED) is 0.571. The average Bonchev–Trinajstić information content (AvgIpc) is 2.03. The second-order valence-electron chi connectivity index (χ2n) is 2.90. The molecule has 0 fully saturated rings. The predicted octanol–water partition coefficient (Wildman–Crippen LogP) is 2.90. The number of allylic oxidation sites excluding steroid dienone is 4. The predicted molar refractivity (Wildman–Crippen MR) is 52.9 cm³/mol. The molecule has 0 radical (unpaired) electrons. The molecular weight excluding hydrogens is 148 g/mol. The van der Waals surface area contributed by atoms with Crippen LogP contribution >= 0.6 is 0 Å². The summed E-state index contributed by atoms with van der Waals surface area (Å²) in [4.78, 5) is 10.9. The van der Waals surface area contributed by atoms with E-state index in [4.69, 9.17) is 0 Å². The molecule has 0 saturated carbocycles. The molecule has 1 heteroatoms. The van der Waals surface area contributed by atoms with Gasteiger partial charge in [0.1, 0.15) is 5.78 Å². The first kappa shape index (κ1) is 10.9. The largest absolute Gasteiger partial charge is 0.300 e. The van der Waals surface area contributed by atoms with Crippen LogP contribution < -0.4 is 0 Å². The van der Waals surface area contributed by atoms with E-state index in [0.29, 0.717) is 0 Å². The van der Waals surface area contributed by atoms with Crippen molar-refractivity contribution >= 4 is 5.78 Å². The normalized spacial score (nSPS) is 13.7. The highest BCUT2D eigenvalue weighted by Crippen LogP contribution is 2.12. The smallest absolute Gasteiger partial charge is 0.132 e. The van der Waals surface area contributed by atoms with Crippen LogP contribution in [0.1, 0.15) is 20.3 Å². The molecular formula is C11H16O. The maximum atomic E-state index is 10.9. The molecule has 0 unspecified atom stereocenters. The number of carbonyl (C=O) groups excluding carboxylic acids is 1. The zero-order chi connectivity index (χ0) is 9.56. The molecule has 0 aromatic heterocycles. The lowest BCUT2D eigenvalue weighted by molar-refractivity contribution is -0.120. The minimum Gasteiger partial charge on any atom is -0.300 e. The summed E-state index contributed by atoms with van der Waals surface area (Å²) in [6, 6.07) is 0. The zero-order valence-electron chi connectivity index (χ0n) is 7.84. The van der Waals surface area contributed by atoms with Crippen molar-refractivity contribution in [2.75, 3.05) is 0 Å². The van der Waals surface area contributed by atoms with Gasteiger partial charge in [-0.15, -0.1) is 0 Å². The van der Waals surface area contributed by atoms with E-state index in [1.54, 1.807) is 19.1 Å². The molecule has 0 N–H and O–H groups in total. The van der Waals surface area contributed by atoms with Gasteiger partial charge in [0, 0.05) is 5.92 Å². The van der Waals surface area contributed by atoms with Crippen molar-refractivity contribution in [1.82, 2.24) is 0 Å². The van der Waals surface area contributed by atoms with Crippen LogP contribution in [0.4, 0.5) is 0 Å². The van der Waals surface area contributed by atoms with Crippen LogP contribution in [0.25, 0.3) is 0 Å². The summed E-state index contributed by atoms with van der Waals surface area (Å²) in [7, 11) is 0. The Balaban J connectivity index is 4.20. The molecule has 1 atom stereocenters. The monoisotopic (exact) mass is 164 g/mol. The van der Waals surface area contributed by atoms with Gasteiger partial charge in [-0.3, -0.25) is 4.79 Å². The third-order valence-electron chi connectivity index (χ3n) is 1.83. The van der Waals surface area contributed by atoms with E-state index >= 15 is 0 Å². The van der Waals surface area contributed by atoms with Gasteiger partial charge in [0.25, 0.3) is 0 Å². The first-order valence-corrected chi connectivity index (χ1v) is 4.06. The highest BCUT2D eigenvalue weighted by molar-refractivity contribution is 5.78. The Hall–Kier alpha value is -1.11. The van der Waals surface area contributed by atoms with Crippen LogP contribution in [-0.4, -0.2) is 5.78 Å². The lowest BCUT2D eigenvalue weighted by atomic mass is 9.98. The standard InChI is InChI=1S/C11H16O/c1-5-7-11(6-2)8-9(3)10(4)12/h5-7,9H,1-2,8H2,3-4H3/b11-7+/t9-/m0/s1. The van der Waals surface area contributed by atoms with Crippen LogP contribution in [0.15, 0.2) is 37.0 Å². The van der Waals surface area contributed by atoms with Crippen LogP contribution in [0, 0.1) is 5.92 Å². The highest BCUT2D eigenvalue weighted by Gasteiger charge is 2.07. The molecule has 0 bridgehead atoms. The summed E-state index contributed by atoms with van der Waals surface area (Å²) < 4.78 is 0. The van der Waals surface area contributed by atoms with E-state index in [2.05, 4.69) is 13.2 Å². The molecule has 1 nitrogen and oxygen atoms in total. The van der Waals surface area contributed by atoms with E-state index in [1.807, 2.05) is 13.0 Å². The van der Waals surface area contributed by atoms with Gasteiger partial charge in [-0.1, -0.05) is 38.3 Å². The summed E-state index contributed by atoms with van der Waals surface area (Å²) in [5.41, 5.74) is 1.06. The second kappa shape index (κ2) is 5.53. The van der Waals surface area contributed by atoms with Gasteiger partial charge in [-0.25, -0.2) is 0 Å². The van der Waals surface area contributed by atoms with E-state index in [1.165, 1.54) is 0 Å². The summed E-state index contributed by atoms with van der Waals surface area (Å²) in [5.74, 6) is 0.293. The lowest BCUT2D eigenvalue weighted by Gasteiger charge is -2.06. The van der Waals surface area contributed by atoms with Crippen molar-refractivity contribution in [2.45, 2.75) is 20.3 Å². The Morgan fingerprint density at radius 3 is 2.42 bits per heavy atom. The Bertz CT molecular complexity index is 211. The van der Waals surface area contributed by atoms with E-state index in [9.17, 15) is 4.79 Å². The molecule has 0 amide bonds. The van der Waals surface area contributed by atoms with E-state index in [0.717, 1.165) is 12.0 Å². The van der Waals surface area contributed by atoms with Crippen LogP contribution in [0.3, 0.4) is 0 Å². The van der Waals surface area contributed by atoms with Gasteiger partial charge in [0.05, 0.1) is 0 Å². The Kier molecular flexibility index (Phi) is 5.02. The van der Waals surface area contributed by atoms with Crippen LogP contribution in [0.5, 0.6) is 0 Å². The molecule has 0 heterocycles. The summed E-state index contributed by atoms with van der Waals surface area (Å²) in [5, 5.41) is 0. The SMILES string of the molecule is C=C/C=C(\C=C)C[C@H](C)C(C)=O. The molecule has 0 saturated heterocycles. The van der Waals surface area contributed by atoms with Gasteiger partial charge >= 0.3 is 0 Å². The summed E-state index contributed by atoms with van der Waals surface area (Å²) >= 11 is 0. The molecule has 0 spiro atoms. The number of hydrogen-bond acceptors (Lipinski definition) is 1. The van der Waals surface area contributed by atoms with Gasteiger partial charge in [0.2, 0.25) is 0 Å². The van der Waals surface area contributed by atoms with Crippen molar-refractivity contribution in [2.24, 2.45) is 5.92 Å². The molecule has 0 aliphatic rings. The van der Waals surface area contributed by atoms with E-state index in [-0.39, 0.29) is 11.7 Å². The first-order valence-electron chi connectivity index (χ1n) is 4.06. The first-order chi connectivity index (χ1) is 5.61. The third-order valence-corrected chi connectivity index (χ3v) is 1.83. The maximum absolute atomic E-state index is 10.9. The fourth-order valence-corrected chi connectivity index (χ4v) is 0.868. The molecule has 0 aromatic carbocycles. The van der Waals surface area contributed by atoms with Crippen molar-refractivity contribution in [3.63, 3.8) is 0 Å². The van der Waals surface area contributed by atoms with Gasteiger partial charge in [0.15, 0.2) is 0 Å². The Labute approximate surface area is 74.5 Å². The molecule has 66 valence electrons. The zero-order valence-corrected chi connectivity index (χ0v) is 7.84. The summed E-state index contributed by atoms with van der Waals surface area (Å²) in [6.07, 6.45) is 6.11. The topological polar surface area (TPSA) is 17.1 Å². The fourth-order valence-electron chi connectivity index (χ4n) is 0.868. The molecule has 0 aliphatic carbocycles. The maximum Gasteiger partial charge on any atom is 0.132 e. The van der Waals surface area contributed by atoms with Crippen LogP contribution in [-0.2, 0) is 4.79 Å². The van der Waals surface area contributed by atoms with Gasteiger partial charge in [-0.2, -0.15) is 0 Å². The lowest BCUT2D eigenvalue weighted by Crippen LogP contribution is -2.06. The minimum atomic E-state index is 0.0780. The van der Waals surface area contributed by atoms with Crippen molar-refractivity contribution in [3.05, 3.63) is 37.0 Å². The number of ketones is 1. The van der Waals surface area contributed by atoms with E-state index < -0.39 is 0 Å². The van der Waals surface area contributed by atoms with Crippen molar-refractivity contribution in [1.29, 1.82) is 0 Å². The number of carbonyl (C=O) groups is 1. The van der Waals surface area contributed by atoms with Gasteiger partial charge < -0.3 is 0 Å². The average molecular weight is 164 g/mol. The molecule has 0 aliphatic heterocycles. The second-order valence-corrected chi connectivity index (χ2v) is 2.90. The number of hydrogen-bond donors (Lipinski definition) is 0. The fraction of sp³-hybridized carbons (Fsp3) is 0.364.